The number of hydrogen-bond acceptors (Lipinski definition) is 4. The van der Waals surface area contributed by atoms with E-state index < -0.39 is 26.6 Å². The Morgan fingerprint density at radius 2 is 1.91 bits per heavy atom. The van der Waals surface area contributed by atoms with Crippen molar-refractivity contribution >= 4 is 10.0 Å². The van der Waals surface area contributed by atoms with Crippen LogP contribution in [0.2, 0.25) is 0 Å². The number of hydrogen-bond donors (Lipinski definition) is 0. The predicted molar refractivity (Wildman–Crippen MR) is 78.4 cm³/mol. The Morgan fingerprint density at radius 1 is 1.17 bits per heavy atom. The van der Waals surface area contributed by atoms with E-state index in [1.807, 2.05) is 0 Å². The molecule has 0 radical (unpaired) electrons. The minimum atomic E-state index is -3.96. The van der Waals surface area contributed by atoms with Crippen LogP contribution in [0.4, 0.5) is 8.78 Å². The zero-order valence-electron chi connectivity index (χ0n) is 12.0. The normalized spacial score (nSPS) is 19.0. The first-order valence-corrected chi connectivity index (χ1v) is 8.43. The molecular weight excluding hydrogens is 326 g/mol. The molecule has 1 fully saturated rings. The summed E-state index contributed by atoms with van der Waals surface area (Å²) in [6, 6.07) is 7.45. The van der Waals surface area contributed by atoms with E-state index in [9.17, 15) is 17.2 Å². The molecule has 1 aromatic carbocycles. The van der Waals surface area contributed by atoms with Crippen LogP contribution in [0.15, 0.2) is 47.5 Å². The first kappa shape index (κ1) is 15.8. The third-order valence-electron chi connectivity index (χ3n) is 3.51. The summed E-state index contributed by atoms with van der Waals surface area (Å²) >= 11 is 0. The summed E-state index contributed by atoms with van der Waals surface area (Å²) < 4.78 is 58.2. The number of sulfonamides is 1. The van der Waals surface area contributed by atoms with Gasteiger partial charge in [-0.25, -0.2) is 22.2 Å². The molecule has 0 saturated carbocycles. The highest BCUT2D eigenvalue weighted by Gasteiger charge is 2.34. The summed E-state index contributed by atoms with van der Waals surface area (Å²) in [6.45, 7) is 0.328. The Labute approximate surface area is 132 Å². The second-order valence-electron chi connectivity index (χ2n) is 5.16. The van der Waals surface area contributed by atoms with Crippen LogP contribution < -0.4 is 4.74 Å². The van der Waals surface area contributed by atoms with Gasteiger partial charge >= 0.3 is 0 Å². The maximum absolute atomic E-state index is 13.3. The average Bonchev–Trinajstić information content (AvgIpc) is 2.96. The summed E-state index contributed by atoms with van der Waals surface area (Å²) in [5.74, 6) is -1.44. The number of rotatable bonds is 4. The molecule has 0 spiro atoms. The quantitative estimate of drug-likeness (QED) is 0.856. The fraction of sp³-hybridized carbons (Fsp3) is 0.267. The van der Waals surface area contributed by atoms with Gasteiger partial charge in [0.25, 0.3) is 0 Å². The van der Waals surface area contributed by atoms with Gasteiger partial charge in [-0.05, 0) is 24.6 Å². The maximum atomic E-state index is 13.3. The van der Waals surface area contributed by atoms with Crippen molar-refractivity contribution in [3.05, 3.63) is 54.2 Å². The molecule has 0 bridgehead atoms. The zero-order valence-corrected chi connectivity index (χ0v) is 12.8. The van der Waals surface area contributed by atoms with E-state index in [0.717, 1.165) is 16.4 Å². The lowest BCUT2D eigenvalue weighted by Crippen LogP contribution is -2.31. The topological polar surface area (TPSA) is 59.5 Å². The minimum Gasteiger partial charge on any atom is -0.473 e. The van der Waals surface area contributed by atoms with Crippen molar-refractivity contribution in [1.82, 2.24) is 9.29 Å². The van der Waals surface area contributed by atoms with Crippen LogP contribution in [0, 0.1) is 11.6 Å². The summed E-state index contributed by atoms with van der Waals surface area (Å²) in [4.78, 5) is 3.63. The van der Waals surface area contributed by atoms with Crippen LogP contribution in [-0.4, -0.2) is 36.9 Å². The third-order valence-corrected chi connectivity index (χ3v) is 5.35. The monoisotopic (exact) mass is 340 g/mol. The van der Waals surface area contributed by atoms with Crippen molar-refractivity contribution in [2.75, 3.05) is 13.1 Å². The van der Waals surface area contributed by atoms with E-state index in [4.69, 9.17) is 4.74 Å². The Bertz CT molecular complexity index is 779. The third kappa shape index (κ3) is 3.48. The molecule has 0 amide bonds. The van der Waals surface area contributed by atoms with Crippen LogP contribution in [0.25, 0.3) is 0 Å². The molecule has 1 unspecified atom stereocenters. The minimum absolute atomic E-state index is 0.108. The van der Waals surface area contributed by atoms with Crippen molar-refractivity contribution < 1.29 is 21.9 Å². The number of ether oxygens (including phenoxy) is 1. The van der Waals surface area contributed by atoms with Gasteiger partial charge in [0, 0.05) is 24.9 Å². The lowest BCUT2D eigenvalue weighted by Gasteiger charge is -2.17. The van der Waals surface area contributed by atoms with Crippen LogP contribution >= 0.6 is 0 Å². The average molecular weight is 340 g/mol. The van der Waals surface area contributed by atoms with E-state index in [1.54, 1.807) is 24.4 Å². The van der Waals surface area contributed by atoms with Crippen LogP contribution in [-0.2, 0) is 10.0 Å². The van der Waals surface area contributed by atoms with E-state index >= 15 is 0 Å². The Kier molecular flexibility index (Phi) is 4.27. The number of halogens is 2. The first-order valence-electron chi connectivity index (χ1n) is 6.99. The molecule has 1 aliphatic heterocycles. The van der Waals surface area contributed by atoms with Crippen molar-refractivity contribution in [1.29, 1.82) is 0 Å². The maximum Gasteiger partial charge on any atom is 0.243 e. The van der Waals surface area contributed by atoms with Gasteiger partial charge in [-0.2, -0.15) is 4.31 Å². The van der Waals surface area contributed by atoms with Crippen molar-refractivity contribution in [2.24, 2.45) is 0 Å². The second-order valence-corrected chi connectivity index (χ2v) is 7.10. The lowest BCUT2D eigenvalue weighted by atomic mass is 10.3. The smallest absolute Gasteiger partial charge is 0.243 e. The second kappa shape index (κ2) is 6.21. The molecule has 5 nitrogen and oxygen atoms in total. The van der Waals surface area contributed by atoms with E-state index in [1.165, 1.54) is 0 Å². The molecule has 3 rings (SSSR count). The summed E-state index contributed by atoms with van der Waals surface area (Å²) in [7, 11) is -3.96. The number of nitrogens with zero attached hydrogens (tertiary/aromatic N) is 2. The summed E-state index contributed by atoms with van der Waals surface area (Å²) in [5.41, 5.74) is 0. The van der Waals surface area contributed by atoms with Gasteiger partial charge < -0.3 is 4.74 Å². The van der Waals surface area contributed by atoms with Gasteiger partial charge in [-0.15, -0.1) is 0 Å². The Morgan fingerprint density at radius 3 is 2.57 bits per heavy atom. The van der Waals surface area contributed by atoms with Gasteiger partial charge in [0.05, 0.1) is 11.4 Å². The largest absolute Gasteiger partial charge is 0.473 e. The first-order chi connectivity index (χ1) is 10.9. The van der Waals surface area contributed by atoms with Gasteiger partial charge in [0.15, 0.2) is 0 Å². The molecule has 2 heterocycles. The highest BCUT2D eigenvalue weighted by molar-refractivity contribution is 7.89. The molecule has 1 aliphatic rings. The van der Waals surface area contributed by atoms with E-state index in [0.29, 0.717) is 18.4 Å². The van der Waals surface area contributed by atoms with Gasteiger partial charge in [-0.3, -0.25) is 0 Å². The molecule has 23 heavy (non-hydrogen) atoms. The lowest BCUT2D eigenvalue weighted by molar-refractivity contribution is 0.207. The van der Waals surface area contributed by atoms with Gasteiger partial charge in [0.1, 0.15) is 17.7 Å². The van der Waals surface area contributed by atoms with E-state index in [2.05, 4.69) is 4.98 Å². The van der Waals surface area contributed by atoms with Gasteiger partial charge in [-0.1, -0.05) is 6.07 Å². The molecule has 1 atom stereocenters. The van der Waals surface area contributed by atoms with Crippen molar-refractivity contribution in [3.8, 4) is 5.88 Å². The number of aromatic nitrogens is 1. The van der Waals surface area contributed by atoms with Crippen molar-refractivity contribution in [2.45, 2.75) is 17.4 Å². The molecule has 0 aliphatic carbocycles. The number of pyridine rings is 1. The van der Waals surface area contributed by atoms with Crippen LogP contribution in [0.3, 0.4) is 0 Å². The standard InChI is InChI=1S/C15H14F2N2O3S/c16-11-7-12(17)9-14(8-11)23(20,21)19-6-4-13(10-19)22-15-3-1-2-5-18-15/h1-3,5,7-9,13H,4,6,10H2. The highest BCUT2D eigenvalue weighted by atomic mass is 32.2. The fourth-order valence-corrected chi connectivity index (χ4v) is 3.96. The molecule has 0 N–H and O–H groups in total. The predicted octanol–water partition coefficient (Wildman–Crippen LogP) is 2.20. The molecule has 1 saturated heterocycles. The summed E-state index contributed by atoms with van der Waals surface area (Å²) in [5, 5.41) is 0. The van der Waals surface area contributed by atoms with Crippen LogP contribution in [0.5, 0.6) is 5.88 Å². The fourth-order valence-electron chi connectivity index (χ4n) is 2.43. The highest BCUT2D eigenvalue weighted by Crippen LogP contribution is 2.24. The Balaban J connectivity index is 1.75. The molecule has 122 valence electrons. The molecular formula is C15H14F2N2O3S. The van der Waals surface area contributed by atoms with E-state index in [-0.39, 0.29) is 19.2 Å². The van der Waals surface area contributed by atoms with Crippen LogP contribution in [0.1, 0.15) is 6.42 Å². The zero-order chi connectivity index (χ0) is 16.4. The molecule has 2 aromatic rings. The van der Waals surface area contributed by atoms with Gasteiger partial charge in [0.2, 0.25) is 15.9 Å². The summed E-state index contributed by atoms with van der Waals surface area (Å²) in [6.07, 6.45) is 1.71. The number of benzene rings is 1. The molecule has 1 aromatic heterocycles. The molecule has 8 heteroatoms. The Hall–Kier alpha value is -2.06. The van der Waals surface area contributed by atoms with Crippen molar-refractivity contribution in [3.63, 3.8) is 0 Å². The SMILES string of the molecule is O=S(=O)(c1cc(F)cc(F)c1)N1CCC(Oc2ccccn2)C1.